The lowest BCUT2D eigenvalue weighted by Gasteiger charge is -2.06. The van der Waals surface area contributed by atoms with Crippen molar-refractivity contribution in [2.24, 2.45) is 0 Å². The van der Waals surface area contributed by atoms with Gasteiger partial charge >= 0.3 is 0 Å². The number of hydrogen-bond acceptors (Lipinski definition) is 5. The summed E-state index contributed by atoms with van der Waals surface area (Å²) in [5.74, 6) is 0.459. The molecule has 0 atom stereocenters. The lowest BCUT2D eigenvalue weighted by atomic mass is 10.1. The maximum atomic E-state index is 12.6. The lowest BCUT2D eigenvalue weighted by Crippen LogP contribution is -2.11. The van der Waals surface area contributed by atoms with Gasteiger partial charge in [-0.05, 0) is 45.4 Å². The molecule has 0 aliphatic carbocycles. The van der Waals surface area contributed by atoms with Crippen molar-refractivity contribution in [3.8, 4) is 0 Å². The van der Waals surface area contributed by atoms with Gasteiger partial charge in [0, 0.05) is 22.3 Å². The highest BCUT2D eigenvalue weighted by Gasteiger charge is 2.19. The van der Waals surface area contributed by atoms with E-state index in [9.17, 15) is 9.59 Å². The summed E-state index contributed by atoms with van der Waals surface area (Å²) in [6.07, 6.45) is 0. The molecule has 122 valence electrons. The Bertz CT molecular complexity index is 976. The molecule has 0 fully saturated rings. The van der Waals surface area contributed by atoms with E-state index in [1.54, 1.807) is 24.3 Å². The Hall–Kier alpha value is -2.60. The number of nitrogens with one attached hydrogen (secondary N) is 1. The normalized spacial score (nSPS) is 10.8. The van der Waals surface area contributed by atoms with Gasteiger partial charge in [-0.3, -0.25) is 9.59 Å². The fourth-order valence-corrected chi connectivity index (χ4v) is 3.87. The van der Waals surface area contributed by atoms with Crippen LogP contribution in [0.2, 0.25) is 0 Å². The molecule has 0 aliphatic rings. The molecule has 2 aromatic heterocycles. The number of thiophene rings is 1. The summed E-state index contributed by atoms with van der Waals surface area (Å²) in [5, 5.41) is 3.80. The van der Waals surface area contributed by atoms with Gasteiger partial charge < -0.3 is 5.32 Å². The molecular formula is C18H17N3O2S. The molecule has 1 amide bonds. The van der Waals surface area contributed by atoms with E-state index in [4.69, 9.17) is 0 Å². The molecule has 6 heteroatoms. The number of ketones is 1. The van der Waals surface area contributed by atoms with Gasteiger partial charge in [-0.1, -0.05) is 12.1 Å². The number of aryl methyl sites for hydroxylation is 3. The fraction of sp³-hybridized carbons (Fsp3) is 0.222. The topological polar surface area (TPSA) is 72.0 Å². The summed E-state index contributed by atoms with van der Waals surface area (Å²) in [6.45, 7) is 7.18. The van der Waals surface area contributed by atoms with Crippen LogP contribution in [0.5, 0.6) is 0 Å². The molecule has 2 heterocycles. The monoisotopic (exact) mass is 339 g/mol. The summed E-state index contributed by atoms with van der Waals surface area (Å²) in [4.78, 5) is 34.4. The summed E-state index contributed by atoms with van der Waals surface area (Å²) in [6, 6.07) is 6.92. The second kappa shape index (κ2) is 6.13. The summed E-state index contributed by atoms with van der Waals surface area (Å²) in [5.41, 5.74) is 2.93. The number of fused-ring (bicyclic) bond motifs is 1. The quantitative estimate of drug-likeness (QED) is 0.730. The molecule has 0 bridgehead atoms. The minimum atomic E-state index is -0.201. The third-order valence-corrected chi connectivity index (χ3v) is 5.00. The standard InChI is InChI=1S/C18H17N3O2S/c1-9-15-10(2)19-12(4)20-18(15)24-16(9)17(23)21-14-7-5-6-13(8-14)11(3)22/h5-8H,1-4H3,(H,21,23). The number of nitrogens with zero attached hydrogens (tertiary/aromatic N) is 2. The van der Waals surface area contributed by atoms with Crippen molar-refractivity contribution in [1.29, 1.82) is 0 Å². The van der Waals surface area contributed by atoms with Gasteiger partial charge in [-0.15, -0.1) is 11.3 Å². The molecule has 0 radical (unpaired) electrons. The predicted octanol–water partition coefficient (Wildman–Crippen LogP) is 4.07. The second-order valence-corrected chi connectivity index (χ2v) is 6.68. The Labute approximate surface area is 143 Å². The van der Waals surface area contributed by atoms with Gasteiger partial charge in [-0.2, -0.15) is 0 Å². The fourth-order valence-electron chi connectivity index (χ4n) is 2.69. The Balaban J connectivity index is 1.97. The molecule has 0 unspecified atom stereocenters. The van der Waals surface area contributed by atoms with Crippen molar-refractivity contribution in [3.05, 3.63) is 51.8 Å². The molecule has 5 nitrogen and oxygen atoms in total. The van der Waals surface area contributed by atoms with Crippen molar-refractivity contribution in [3.63, 3.8) is 0 Å². The molecule has 0 saturated heterocycles. The zero-order valence-corrected chi connectivity index (χ0v) is 14.7. The number of benzene rings is 1. The van der Waals surface area contributed by atoms with Crippen LogP contribution >= 0.6 is 11.3 Å². The van der Waals surface area contributed by atoms with Crippen molar-refractivity contribution in [2.75, 3.05) is 5.32 Å². The smallest absolute Gasteiger partial charge is 0.266 e. The molecule has 0 saturated carbocycles. The Morgan fingerprint density at radius 2 is 1.88 bits per heavy atom. The first kappa shape index (κ1) is 16.3. The molecule has 3 rings (SSSR count). The van der Waals surface area contributed by atoms with Crippen LogP contribution in [-0.4, -0.2) is 21.7 Å². The maximum absolute atomic E-state index is 12.6. The highest BCUT2D eigenvalue weighted by atomic mass is 32.1. The molecule has 1 N–H and O–H groups in total. The first-order valence-corrected chi connectivity index (χ1v) is 8.35. The highest BCUT2D eigenvalue weighted by Crippen LogP contribution is 2.31. The lowest BCUT2D eigenvalue weighted by molar-refractivity contribution is 0.101. The SMILES string of the molecule is CC(=O)c1cccc(NC(=O)c2sc3nc(C)nc(C)c3c2C)c1. The first-order valence-electron chi connectivity index (χ1n) is 7.53. The van der Waals surface area contributed by atoms with Gasteiger partial charge in [-0.25, -0.2) is 9.97 Å². The van der Waals surface area contributed by atoms with E-state index >= 15 is 0 Å². The van der Waals surface area contributed by atoms with Crippen LogP contribution in [0, 0.1) is 20.8 Å². The van der Waals surface area contributed by atoms with Crippen molar-refractivity contribution >= 4 is 38.9 Å². The van der Waals surface area contributed by atoms with Crippen molar-refractivity contribution in [2.45, 2.75) is 27.7 Å². The van der Waals surface area contributed by atoms with Crippen molar-refractivity contribution < 1.29 is 9.59 Å². The number of carbonyl (C=O) groups is 2. The summed E-state index contributed by atoms with van der Waals surface area (Å²) >= 11 is 1.36. The van der Waals surface area contributed by atoms with Gasteiger partial charge in [0.15, 0.2) is 5.78 Å². The van der Waals surface area contributed by atoms with Gasteiger partial charge in [0.1, 0.15) is 10.7 Å². The number of carbonyl (C=O) groups excluding carboxylic acids is 2. The van der Waals surface area contributed by atoms with Crippen LogP contribution in [0.1, 0.15) is 44.0 Å². The number of hydrogen-bond donors (Lipinski definition) is 1. The predicted molar refractivity (Wildman–Crippen MR) is 96.0 cm³/mol. The number of Topliss-reactive ketones (excluding diaryl/α,β-unsaturated/α-hetero) is 1. The third kappa shape index (κ3) is 2.92. The molecule has 24 heavy (non-hydrogen) atoms. The second-order valence-electron chi connectivity index (χ2n) is 5.68. The summed E-state index contributed by atoms with van der Waals surface area (Å²) in [7, 11) is 0. The van der Waals surface area contributed by atoms with Crippen molar-refractivity contribution in [1.82, 2.24) is 9.97 Å². The molecule has 3 aromatic rings. The third-order valence-electron chi connectivity index (χ3n) is 3.82. The minimum Gasteiger partial charge on any atom is -0.321 e. The molecule has 0 spiro atoms. The number of amides is 1. The Morgan fingerprint density at radius 3 is 2.58 bits per heavy atom. The van der Waals surface area contributed by atoms with Crippen LogP contribution in [0.15, 0.2) is 24.3 Å². The minimum absolute atomic E-state index is 0.0366. The highest BCUT2D eigenvalue weighted by molar-refractivity contribution is 7.20. The van der Waals surface area contributed by atoms with E-state index in [-0.39, 0.29) is 11.7 Å². The number of anilines is 1. The first-order chi connectivity index (χ1) is 11.4. The van der Waals surface area contributed by atoms with E-state index in [1.807, 2.05) is 20.8 Å². The number of rotatable bonds is 3. The van der Waals surface area contributed by atoms with Crippen LogP contribution in [0.4, 0.5) is 5.69 Å². The Morgan fingerprint density at radius 1 is 1.12 bits per heavy atom. The van der Waals surface area contributed by atoms with Crippen LogP contribution in [0.25, 0.3) is 10.2 Å². The average molecular weight is 339 g/mol. The van der Waals surface area contributed by atoms with E-state index in [1.165, 1.54) is 18.3 Å². The molecular weight excluding hydrogens is 322 g/mol. The van der Waals surface area contributed by atoms with E-state index in [2.05, 4.69) is 15.3 Å². The van der Waals surface area contributed by atoms with Crippen LogP contribution < -0.4 is 5.32 Å². The van der Waals surface area contributed by atoms with Crippen LogP contribution in [-0.2, 0) is 0 Å². The zero-order valence-electron chi connectivity index (χ0n) is 13.9. The maximum Gasteiger partial charge on any atom is 0.266 e. The van der Waals surface area contributed by atoms with Gasteiger partial charge in [0.2, 0.25) is 0 Å². The van der Waals surface area contributed by atoms with E-state index in [0.717, 1.165) is 21.5 Å². The van der Waals surface area contributed by atoms with Gasteiger partial charge in [0.05, 0.1) is 4.88 Å². The molecule has 0 aliphatic heterocycles. The summed E-state index contributed by atoms with van der Waals surface area (Å²) < 4.78 is 0. The average Bonchev–Trinajstić information content (AvgIpc) is 2.84. The van der Waals surface area contributed by atoms with Gasteiger partial charge in [0.25, 0.3) is 5.91 Å². The zero-order chi connectivity index (χ0) is 17.4. The Kier molecular flexibility index (Phi) is 4.15. The van der Waals surface area contributed by atoms with E-state index < -0.39 is 0 Å². The molecule has 1 aromatic carbocycles. The largest absolute Gasteiger partial charge is 0.321 e. The number of aromatic nitrogens is 2. The van der Waals surface area contributed by atoms with E-state index in [0.29, 0.717) is 22.0 Å². The van der Waals surface area contributed by atoms with Crippen LogP contribution in [0.3, 0.4) is 0 Å².